The summed E-state index contributed by atoms with van der Waals surface area (Å²) in [5.74, 6) is 0. The highest BCUT2D eigenvalue weighted by molar-refractivity contribution is 8.04. The Morgan fingerprint density at radius 2 is 1.13 bits per heavy atom. The molecule has 170 valence electrons. The molecule has 15 heteroatoms. The molecule has 0 unspecified atom stereocenters. The van der Waals surface area contributed by atoms with Gasteiger partial charge in [0.2, 0.25) is 40.1 Å². The minimum Gasteiger partial charge on any atom is -0.212 e. The van der Waals surface area contributed by atoms with Crippen LogP contribution in [0.15, 0.2) is 24.3 Å². The summed E-state index contributed by atoms with van der Waals surface area (Å²) in [6.45, 7) is 1.10. The highest BCUT2D eigenvalue weighted by atomic mass is 32.3. The maximum Gasteiger partial charge on any atom is 0.224 e. The van der Waals surface area contributed by atoms with Gasteiger partial charge in [0.25, 0.3) is 0 Å². The maximum absolute atomic E-state index is 12.4. The molecule has 0 fully saturated rings. The van der Waals surface area contributed by atoms with Gasteiger partial charge < -0.3 is 0 Å². The molecule has 0 heterocycles. The second-order valence-corrected chi connectivity index (χ2v) is 14.7. The summed E-state index contributed by atoms with van der Waals surface area (Å²) >= 11 is 0. The average molecular weight is 502 g/mol. The summed E-state index contributed by atoms with van der Waals surface area (Å²) in [5, 5.41) is 8.78. The molecule has 0 aromatic heterocycles. The van der Waals surface area contributed by atoms with E-state index in [9.17, 15) is 33.7 Å². The van der Waals surface area contributed by atoms with E-state index in [0.717, 1.165) is 6.92 Å². The van der Waals surface area contributed by atoms with Crippen LogP contribution >= 0.6 is 0 Å². The van der Waals surface area contributed by atoms with E-state index in [1.807, 2.05) is 6.07 Å². The van der Waals surface area contributed by atoms with Crippen molar-refractivity contribution in [3.63, 3.8) is 0 Å². The number of hydrogen-bond acceptors (Lipinski definition) is 9. The van der Waals surface area contributed by atoms with E-state index in [4.69, 9.17) is 5.26 Å². The summed E-state index contributed by atoms with van der Waals surface area (Å²) in [5.41, 5.74) is 0.568. The highest BCUT2D eigenvalue weighted by Gasteiger charge is 2.45. The van der Waals surface area contributed by atoms with E-state index < -0.39 is 52.2 Å². The van der Waals surface area contributed by atoms with E-state index >= 15 is 0 Å². The third kappa shape index (κ3) is 6.46. The van der Waals surface area contributed by atoms with E-state index in [2.05, 4.69) is 0 Å². The molecule has 1 aromatic rings. The van der Waals surface area contributed by atoms with E-state index in [1.54, 1.807) is 0 Å². The molecular weight excluding hydrogens is 478 g/mol. The van der Waals surface area contributed by atoms with E-state index in [1.165, 1.54) is 24.3 Å². The molecule has 0 N–H and O–H groups in total. The molecule has 0 saturated heterocycles. The Labute approximate surface area is 178 Å². The number of hydrogen-bond donors (Lipinski definition) is 0. The average Bonchev–Trinajstić information content (AvgIpc) is 2.48. The SMILES string of the molecule is C[C@H]([C@H](c1ccc(CC#N)cc1)N(S(C)(=O)=O)S(C)(=O)=O)N(S(C)(=O)=O)S(C)(=O)=O. The smallest absolute Gasteiger partial charge is 0.212 e. The van der Waals surface area contributed by atoms with Gasteiger partial charge in [-0.1, -0.05) is 31.7 Å². The van der Waals surface area contributed by atoms with Gasteiger partial charge in [0.05, 0.1) is 49.6 Å². The second kappa shape index (κ2) is 8.89. The van der Waals surface area contributed by atoms with Crippen molar-refractivity contribution < 1.29 is 33.7 Å². The van der Waals surface area contributed by atoms with E-state index in [0.29, 0.717) is 30.6 Å². The predicted molar refractivity (Wildman–Crippen MR) is 111 cm³/mol. The molecule has 0 radical (unpaired) electrons. The fourth-order valence-electron chi connectivity index (χ4n) is 3.12. The first-order valence-electron chi connectivity index (χ1n) is 8.16. The molecule has 0 saturated carbocycles. The summed E-state index contributed by atoms with van der Waals surface area (Å²) in [6.07, 6.45) is 2.49. The van der Waals surface area contributed by atoms with Crippen LogP contribution in [-0.4, -0.2) is 72.2 Å². The summed E-state index contributed by atoms with van der Waals surface area (Å²) in [7, 11) is -17.8. The van der Waals surface area contributed by atoms with Gasteiger partial charge in [-0.25, -0.2) is 33.7 Å². The molecule has 30 heavy (non-hydrogen) atoms. The number of nitriles is 1. The normalized spacial score (nSPS) is 15.7. The standard InChI is InChI=1S/C15H23N3O8S4/c1-12(17(27(2,19)20)28(3,21)22)15(18(29(4,23)24)30(5,25)26)14-8-6-13(7-9-14)10-11-16/h6-9,12,15H,10H2,1-5H3/t12-,15-/m1/s1. The Hall–Kier alpha value is -1.57. The Morgan fingerprint density at radius 1 is 0.767 bits per heavy atom. The van der Waals surface area contributed by atoms with Crippen LogP contribution in [0.25, 0.3) is 0 Å². The lowest BCUT2D eigenvalue weighted by molar-refractivity contribution is 0.316. The van der Waals surface area contributed by atoms with Gasteiger partial charge in [-0.15, -0.1) is 0 Å². The molecule has 1 aromatic carbocycles. The van der Waals surface area contributed by atoms with Crippen LogP contribution in [-0.2, 0) is 46.5 Å². The minimum atomic E-state index is -4.48. The lowest BCUT2D eigenvalue weighted by Crippen LogP contribution is -2.51. The molecule has 0 amide bonds. The number of nitrogens with zero attached hydrogens (tertiary/aromatic N) is 3. The molecule has 0 bridgehead atoms. The molecule has 1 rings (SSSR count). The largest absolute Gasteiger partial charge is 0.224 e. The molecule has 2 atom stereocenters. The van der Waals surface area contributed by atoms with Crippen molar-refractivity contribution >= 4 is 40.1 Å². The van der Waals surface area contributed by atoms with Crippen LogP contribution < -0.4 is 0 Å². The van der Waals surface area contributed by atoms with Crippen molar-refractivity contribution in [1.82, 2.24) is 7.42 Å². The molecule has 11 nitrogen and oxygen atoms in total. The second-order valence-electron chi connectivity index (χ2n) is 6.76. The lowest BCUT2D eigenvalue weighted by atomic mass is 10.00. The molecule has 0 spiro atoms. The first-order valence-corrected chi connectivity index (χ1v) is 15.6. The van der Waals surface area contributed by atoms with Gasteiger partial charge >= 0.3 is 0 Å². The first-order chi connectivity index (χ1) is 13.3. The zero-order valence-corrected chi connectivity index (χ0v) is 20.2. The lowest BCUT2D eigenvalue weighted by Gasteiger charge is -2.36. The topological polar surface area (TPSA) is 167 Å². The number of rotatable bonds is 9. The quantitative estimate of drug-likeness (QED) is 0.438. The third-order valence-electron chi connectivity index (χ3n) is 3.93. The van der Waals surface area contributed by atoms with Crippen molar-refractivity contribution in [2.24, 2.45) is 0 Å². The molecular formula is C15H23N3O8S4. The van der Waals surface area contributed by atoms with Gasteiger partial charge in [-0.2, -0.15) is 5.26 Å². The van der Waals surface area contributed by atoms with Crippen molar-refractivity contribution in [2.45, 2.75) is 25.4 Å². The summed E-state index contributed by atoms with van der Waals surface area (Å²) < 4.78 is 98.5. The fraction of sp³-hybridized carbons (Fsp3) is 0.533. The summed E-state index contributed by atoms with van der Waals surface area (Å²) in [4.78, 5) is 0. The van der Waals surface area contributed by atoms with Crippen molar-refractivity contribution in [3.8, 4) is 6.07 Å². The van der Waals surface area contributed by atoms with Crippen LogP contribution in [0.3, 0.4) is 0 Å². The van der Waals surface area contributed by atoms with Gasteiger partial charge in [-0.05, 0) is 18.1 Å². The Balaban J connectivity index is 3.92. The minimum absolute atomic E-state index is 0.0253. The van der Waals surface area contributed by atoms with Crippen LogP contribution in [0.2, 0.25) is 0 Å². The molecule has 0 aliphatic heterocycles. The summed E-state index contributed by atoms with van der Waals surface area (Å²) in [6, 6.07) is 4.05. The Morgan fingerprint density at radius 3 is 1.43 bits per heavy atom. The fourth-order valence-corrected chi connectivity index (χ4v) is 9.92. The first kappa shape index (κ1) is 26.5. The van der Waals surface area contributed by atoms with Gasteiger partial charge in [-0.3, -0.25) is 0 Å². The van der Waals surface area contributed by atoms with Gasteiger partial charge in [0.1, 0.15) is 0 Å². The molecule has 0 aliphatic rings. The predicted octanol–water partition coefficient (Wildman–Crippen LogP) is -0.375. The van der Waals surface area contributed by atoms with Gasteiger partial charge in [0.15, 0.2) is 0 Å². The van der Waals surface area contributed by atoms with Gasteiger partial charge in [0, 0.05) is 0 Å². The zero-order chi connectivity index (χ0) is 23.7. The third-order valence-corrected chi connectivity index (χ3v) is 10.9. The van der Waals surface area contributed by atoms with Crippen LogP contribution in [0.4, 0.5) is 0 Å². The Kier molecular flexibility index (Phi) is 7.84. The number of sulfonamides is 4. The van der Waals surface area contributed by atoms with E-state index in [-0.39, 0.29) is 19.4 Å². The zero-order valence-electron chi connectivity index (χ0n) is 16.9. The van der Waals surface area contributed by atoms with Crippen molar-refractivity contribution in [2.75, 3.05) is 25.0 Å². The van der Waals surface area contributed by atoms with Crippen LogP contribution in [0.5, 0.6) is 0 Å². The maximum atomic E-state index is 12.4. The van der Waals surface area contributed by atoms with Crippen LogP contribution in [0.1, 0.15) is 24.1 Å². The van der Waals surface area contributed by atoms with Crippen LogP contribution in [0, 0.1) is 11.3 Å². The van der Waals surface area contributed by atoms with Crippen molar-refractivity contribution in [1.29, 1.82) is 5.26 Å². The number of benzene rings is 1. The highest BCUT2D eigenvalue weighted by Crippen LogP contribution is 2.34. The van der Waals surface area contributed by atoms with Crippen molar-refractivity contribution in [3.05, 3.63) is 35.4 Å². The molecule has 0 aliphatic carbocycles. The monoisotopic (exact) mass is 501 g/mol. The Bertz CT molecular complexity index is 1180.